The molecule has 1 heterocycles. The number of likely N-dealkylation sites (tertiary alicyclic amines) is 1. The molecule has 1 aliphatic heterocycles. The van der Waals surface area contributed by atoms with Crippen molar-refractivity contribution >= 4 is 5.91 Å². The highest BCUT2D eigenvalue weighted by Crippen LogP contribution is 2.32. The van der Waals surface area contributed by atoms with Gasteiger partial charge >= 0.3 is 0 Å². The number of amides is 1. The second-order valence-electron chi connectivity index (χ2n) is 6.97. The molecule has 1 aliphatic carbocycles. The summed E-state index contributed by atoms with van der Waals surface area (Å²) in [7, 11) is 4.06. The predicted octanol–water partition coefficient (Wildman–Crippen LogP) is 2.01. The minimum Gasteiger partial charge on any atom is -0.389 e. The lowest BCUT2D eigenvalue weighted by molar-refractivity contribution is -0.139. The summed E-state index contributed by atoms with van der Waals surface area (Å²) < 4.78 is 0. The van der Waals surface area contributed by atoms with Gasteiger partial charge in [-0.15, -0.1) is 0 Å². The van der Waals surface area contributed by atoms with Gasteiger partial charge in [-0.25, -0.2) is 0 Å². The van der Waals surface area contributed by atoms with Gasteiger partial charge in [-0.2, -0.15) is 0 Å². The van der Waals surface area contributed by atoms with E-state index in [2.05, 4.69) is 18.9 Å². The second kappa shape index (κ2) is 6.44. The molecule has 0 aromatic rings. The highest BCUT2D eigenvalue weighted by Gasteiger charge is 2.35. The number of aliphatic hydroxyl groups is 1. The van der Waals surface area contributed by atoms with E-state index in [-0.39, 0.29) is 5.91 Å². The standard InChI is InChI=1S/C16H30N2O2/c1-13-11-14(7-10-17(13)2)18(3)15(19)12-16(20)8-5-4-6-9-16/h13-14,20H,4-12H2,1-3H3. The molecular formula is C16H30N2O2. The van der Waals surface area contributed by atoms with Crippen molar-refractivity contribution in [3.05, 3.63) is 0 Å². The summed E-state index contributed by atoms with van der Waals surface area (Å²) >= 11 is 0. The van der Waals surface area contributed by atoms with E-state index in [0.717, 1.165) is 45.1 Å². The fourth-order valence-electron chi connectivity index (χ4n) is 3.61. The van der Waals surface area contributed by atoms with Crippen LogP contribution in [-0.2, 0) is 4.79 Å². The third-order valence-electron chi connectivity index (χ3n) is 5.39. The molecule has 0 aromatic heterocycles. The molecule has 1 N–H and O–H groups in total. The molecule has 0 radical (unpaired) electrons. The number of carbonyl (C=O) groups is 1. The summed E-state index contributed by atoms with van der Waals surface area (Å²) in [4.78, 5) is 16.7. The van der Waals surface area contributed by atoms with Crippen molar-refractivity contribution in [3.8, 4) is 0 Å². The SMILES string of the molecule is CC1CC(N(C)C(=O)CC2(O)CCCCC2)CCN1C. The smallest absolute Gasteiger partial charge is 0.225 e. The Bertz CT molecular complexity index is 339. The Kier molecular flexibility index (Phi) is 5.08. The van der Waals surface area contributed by atoms with Crippen LogP contribution in [0.5, 0.6) is 0 Å². The third-order valence-corrected chi connectivity index (χ3v) is 5.39. The summed E-state index contributed by atoms with van der Waals surface area (Å²) in [6, 6.07) is 0.864. The molecule has 2 unspecified atom stereocenters. The molecule has 116 valence electrons. The van der Waals surface area contributed by atoms with Crippen molar-refractivity contribution in [1.82, 2.24) is 9.80 Å². The zero-order valence-electron chi connectivity index (χ0n) is 13.3. The topological polar surface area (TPSA) is 43.8 Å². The van der Waals surface area contributed by atoms with Crippen LogP contribution in [0.2, 0.25) is 0 Å². The maximum Gasteiger partial charge on any atom is 0.225 e. The van der Waals surface area contributed by atoms with E-state index in [1.165, 1.54) is 6.42 Å². The molecule has 2 rings (SSSR count). The third kappa shape index (κ3) is 3.73. The molecule has 2 fully saturated rings. The summed E-state index contributed by atoms with van der Waals surface area (Å²) in [6.07, 6.45) is 7.27. The summed E-state index contributed by atoms with van der Waals surface area (Å²) in [5.41, 5.74) is -0.735. The molecule has 2 aliphatic rings. The molecule has 4 nitrogen and oxygen atoms in total. The highest BCUT2D eigenvalue weighted by atomic mass is 16.3. The first-order valence-electron chi connectivity index (χ1n) is 8.09. The van der Waals surface area contributed by atoms with Crippen molar-refractivity contribution in [2.24, 2.45) is 0 Å². The fourth-order valence-corrected chi connectivity index (χ4v) is 3.61. The van der Waals surface area contributed by atoms with Crippen LogP contribution in [0.3, 0.4) is 0 Å². The number of carbonyl (C=O) groups excluding carboxylic acids is 1. The fraction of sp³-hybridized carbons (Fsp3) is 0.938. The number of hydrogen-bond donors (Lipinski definition) is 1. The Balaban J connectivity index is 1.88. The number of piperidine rings is 1. The van der Waals surface area contributed by atoms with Crippen LogP contribution in [-0.4, -0.2) is 59.1 Å². The van der Waals surface area contributed by atoms with E-state index < -0.39 is 5.60 Å². The molecule has 1 saturated heterocycles. The minimum absolute atomic E-state index is 0.121. The van der Waals surface area contributed by atoms with Gasteiger partial charge in [-0.3, -0.25) is 4.79 Å². The van der Waals surface area contributed by atoms with Gasteiger partial charge in [-0.1, -0.05) is 19.3 Å². The molecule has 20 heavy (non-hydrogen) atoms. The Morgan fingerprint density at radius 2 is 2.00 bits per heavy atom. The van der Waals surface area contributed by atoms with Crippen LogP contribution < -0.4 is 0 Å². The molecule has 0 bridgehead atoms. The van der Waals surface area contributed by atoms with Crippen molar-refractivity contribution in [2.75, 3.05) is 20.6 Å². The lowest BCUT2D eigenvalue weighted by atomic mass is 9.82. The van der Waals surface area contributed by atoms with E-state index in [9.17, 15) is 9.90 Å². The summed E-state index contributed by atoms with van der Waals surface area (Å²) in [5.74, 6) is 0.121. The van der Waals surface area contributed by atoms with Gasteiger partial charge in [-0.05, 0) is 39.7 Å². The summed E-state index contributed by atoms with van der Waals surface area (Å²) in [6.45, 7) is 3.27. The monoisotopic (exact) mass is 282 g/mol. The number of hydrogen-bond acceptors (Lipinski definition) is 3. The Hall–Kier alpha value is -0.610. The van der Waals surface area contributed by atoms with E-state index in [1.54, 1.807) is 0 Å². The van der Waals surface area contributed by atoms with Crippen molar-refractivity contribution < 1.29 is 9.90 Å². The Morgan fingerprint density at radius 3 is 2.60 bits per heavy atom. The average molecular weight is 282 g/mol. The minimum atomic E-state index is -0.735. The van der Waals surface area contributed by atoms with Crippen LogP contribution in [0, 0.1) is 0 Å². The first-order chi connectivity index (χ1) is 9.41. The van der Waals surface area contributed by atoms with Crippen LogP contribution in [0.25, 0.3) is 0 Å². The van der Waals surface area contributed by atoms with E-state index in [0.29, 0.717) is 18.5 Å². The molecule has 1 amide bonds. The average Bonchev–Trinajstić information content (AvgIpc) is 2.41. The van der Waals surface area contributed by atoms with Crippen LogP contribution >= 0.6 is 0 Å². The zero-order valence-corrected chi connectivity index (χ0v) is 13.3. The molecule has 4 heteroatoms. The van der Waals surface area contributed by atoms with Crippen LogP contribution in [0.15, 0.2) is 0 Å². The molecule has 2 atom stereocenters. The molecule has 1 saturated carbocycles. The normalized spacial score (nSPS) is 31.0. The van der Waals surface area contributed by atoms with E-state index in [4.69, 9.17) is 0 Å². The maximum atomic E-state index is 12.5. The molecule has 0 aromatic carbocycles. The van der Waals surface area contributed by atoms with Gasteiger partial charge in [0.1, 0.15) is 0 Å². The van der Waals surface area contributed by atoms with Crippen LogP contribution in [0.1, 0.15) is 58.3 Å². The lowest BCUT2D eigenvalue weighted by Crippen LogP contribution is -2.49. The van der Waals surface area contributed by atoms with Crippen molar-refractivity contribution in [1.29, 1.82) is 0 Å². The quantitative estimate of drug-likeness (QED) is 0.861. The van der Waals surface area contributed by atoms with Crippen molar-refractivity contribution in [3.63, 3.8) is 0 Å². The van der Waals surface area contributed by atoms with Gasteiger partial charge in [0, 0.05) is 25.7 Å². The van der Waals surface area contributed by atoms with Gasteiger partial charge in [0.05, 0.1) is 12.0 Å². The molecule has 0 spiro atoms. The lowest BCUT2D eigenvalue weighted by Gasteiger charge is -2.40. The predicted molar refractivity (Wildman–Crippen MR) is 80.5 cm³/mol. The first-order valence-corrected chi connectivity index (χ1v) is 8.09. The zero-order chi connectivity index (χ0) is 14.8. The second-order valence-corrected chi connectivity index (χ2v) is 6.97. The molecular weight excluding hydrogens is 252 g/mol. The Morgan fingerprint density at radius 1 is 1.35 bits per heavy atom. The van der Waals surface area contributed by atoms with Gasteiger partial charge in [0.25, 0.3) is 0 Å². The number of nitrogens with zero attached hydrogens (tertiary/aromatic N) is 2. The van der Waals surface area contributed by atoms with Crippen LogP contribution in [0.4, 0.5) is 0 Å². The first kappa shape index (κ1) is 15.8. The highest BCUT2D eigenvalue weighted by molar-refractivity contribution is 5.77. The van der Waals surface area contributed by atoms with Gasteiger partial charge in [0.2, 0.25) is 5.91 Å². The van der Waals surface area contributed by atoms with Gasteiger partial charge in [0.15, 0.2) is 0 Å². The Labute approximate surface area is 123 Å². The van der Waals surface area contributed by atoms with E-state index >= 15 is 0 Å². The van der Waals surface area contributed by atoms with Gasteiger partial charge < -0.3 is 14.9 Å². The maximum absolute atomic E-state index is 12.5. The van der Waals surface area contributed by atoms with E-state index in [1.807, 2.05) is 11.9 Å². The largest absolute Gasteiger partial charge is 0.389 e. The van der Waals surface area contributed by atoms with Crippen molar-refractivity contribution in [2.45, 2.75) is 76.0 Å². The summed E-state index contributed by atoms with van der Waals surface area (Å²) in [5, 5.41) is 10.5. The number of rotatable bonds is 3.